The van der Waals surface area contributed by atoms with Gasteiger partial charge in [-0.1, -0.05) is 29.3 Å². The van der Waals surface area contributed by atoms with Crippen molar-refractivity contribution >= 4 is 46.4 Å². The summed E-state index contributed by atoms with van der Waals surface area (Å²) in [5.41, 5.74) is 1.73. The summed E-state index contributed by atoms with van der Waals surface area (Å²) in [6, 6.07) is 10.9. The van der Waals surface area contributed by atoms with Crippen molar-refractivity contribution in [1.29, 1.82) is 0 Å². The molecule has 3 rings (SSSR count). The van der Waals surface area contributed by atoms with E-state index in [4.69, 9.17) is 23.2 Å². The second-order valence-corrected chi connectivity index (χ2v) is 8.61. The first-order valence-electron chi connectivity index (χ1n) is 9.50. The van der Waals surface area contributed by atoms with Gasteiger partial charge in [-0.25, -0.2) is 9.97 Å². The van der Waals surface area contributed by atoms with Crippen LogP contribution in [0.25, 0.3) is 10.6 Å². The van der Waals surface area contributed by atoms with Gasteiger partial charge >= 0.3 is 0 Å². The number of thiophene rings is 1. The van der Waals surface area contributed by atoms with E-state index in [1.807, 2.05) is 37.4 Å². The molecular formula is C21H23Cl2N5OS. The van der Waals surface area contributed by atoms with Gasteiger partial charge in [0.25, 0.3) is 5.91 Å². The molecule has 0 aliphatic carbocycles. The van der Waals surface area contributed by atoms with Gasteiger partial charge in [0, 0.05) is 29.3 Å². The number of rotatable bonds is 9. The molecule has 0 fully saturated rings. The Labute approximate surface area is 190 Å². The van der Waals surface area contributed by atoms with E-state index in [0.29, 0.717) is 27.3 Å². The number of benzene rings is 1. The van der Waals surface area contributed by atoms with E-state index in [1.165, 1.54) is 11.3 Å². The molecule has 3 N–H and O–H groups in total. The Hall–Kier alpha value is -2.19. The summed E-state index contributed by atoms with van der Waals surface area (Å²) >= 11 is 13.7. The Kier molecular flexibility index (Phi) is 8.04. The molecule has 2 heterocycles. The number of nitrogens with zero attached hydrogens (tertiary/aromatic N) is 2. The van der Waals surface area contributed by atoms with Crippen LogP contribution in [0.1, 0.15) is 21.7 Å². The molecule has 30 heavy (non-hydrogen) atoms. The number of hydrogen-bond acceptors (Lipinski definition) is 6. The topological polar surface area (TPSA) is 78.9 Å². The van der Waals surface area contributed by atoms with E-state index in [0.717, 1.165) is 29.1 Å². The molecular weight excluding hydrogens is 441 g/mol. The summed E-state index contributed by atoms with van der Waals surface area (Å²) in [6.07, 6.45) is 3.09. The predicted molar refractivity (Wildman–Crippen MR) is 125 cm³/mol. The van der Waals surface area contributed by atoms with Gasteiger partial charge in [-0.15, -0.1) is 11.3 Å². The number of carbonyl (C=O) groups excluding carboxylic acids is 1. The maximum Gasteiger partial charge on any atom is 0.261 e. The predicted octanol–water partition coefficient (Wildman–Crippen LogP) is 4.50. The Bertz CT molecular complexity index is 1010. The molecule has 0 spiro atoms. The van der Waals surface area contributed by atoms with Crippen molar-refractivity contribution in [2.75, 3.05) is 26.0 Å². The molecule has 1 atom stereocenters. The normalized spacial score (nSPS) is 11.9. The number of halogens is 2. The quantitative estimate of drug-likeness (QED) is 0.435. The molecule has 158 valence electrons. The standard InChI is InChI=1S/C21H23Cl2N5OS/c1-24-9-7-15(11-13-3-4-14(22)12-16(13)23)27-20(29)19-6-5-18(30-19)17-8-10-26-21(25-2)28-17/h3-6,8,10,12,15,24H,7,9,11H2,1-2H3,(H,27,29)(H,25,26,28)/t15-/m1/s1. The SMILES string of the molecule is CNCC[C@H](Cc1ccc(Cl)cc1Cl)NC(=O)c1ccc(-c2ccnc(NC)n2)s1. The molecule has 0 radical (unpaired) electrons. The van der Waals surface area contributed by atoms with Crippen LogP contribution in [-0.4, -0.2) is 42.6 Å². The molecule has 0 aliphatic rings. The van der Waals surface area contributed by atoms with E-state index in [9.17, 15) is 4.79 Å². The lowest BCUT2D eigenvalue weighted by molar-refractivity contribution is 0.0939. The number of anilines is 1. The van der Waals surface area contributed by atoms with Crippen LogP contribution in [0, 0.1) is 0 Å². The number of hydrogen-bond donors (Lipinski definition) is 3. The monoisotopic (exact) mass is 463 g/mol. The van der Waals surface area contributed by atoms with Gasteiger partial charge in [-0.05, 0) is 62.3 Å². The summed E-state index contributed by atoms with van der Waals surface area (Å²) in [5, 5.41) is 10.4. The Balaban J connectivity index is 1.73. The van der Waals surface area contributed by atoms with Crippen molar-refractivity contribution in [2.24, 2.45) is 0 Å². The number of nitrogens with one attached hydrogen (secondary N) is 3. The Morgan fingerprint density at radius 1 is 1.17 bits per heavy atom. The molecule has 0 saturated carbocycles. The van der Waals surface area contributed by atoms with Crippen molar-refractivity contribution in [1.82, 2.24) is 20.6 Å². The van der Waals surface area contributed by atoms with Gasteiger partial charge in [-0.3, -0.25) is 4.79 Å². The molecule has 0 saturated heterocycles. The first-order valence-corrected chi connectivity index (χ1v) is 11.1. The van der Waals surface area contributed by atoms with Gasteiger partial charge in [0.1, 0.15) is 0 Å². The fourth-order valence-electron chi connectivity index (χ4n) is 2.97. The highest BCUT2D eigenvalue weighted by molar-refractivity contribution is 7.17. The smallest absolute Gasteiger partial charge is 0.261 e. The summed E-state index contributed by atoms with van der Waals surface area (Å²) in [4.78, 5) is 23.0. The third-order valence-corrected chi connectivity index (χ3v) is 6.21. The van der Waals surface area contributed by atoms with Crippen molar-refractivity contribution in [3.8, 4) is 10.6 Å². The third-order valence-electron chi connectivity index (χ3n) is 4.52. The fourth-order valence-corrected chi connectivity index (χ4v) is 4.33. The zero-order chi connectivity index (χ0) is 21.5. The molecule has 6 nitrogen and oxygen atoms in total. The van der Waals surface area contributed by atoms with Gasteiger partial charge in [-0.2, -0.15) is 0 Å². The second-order valence-electron chi connectivity index (χ2n) is 6.68. The molecule has 1 aromatic carbocycles. The zero-order valence-electron chi connectivity index (χ0n) is 16.7. The van der Waals surface area contributed by atoms with E-state index < -0.39 is 0 Å². The number of carbonyl (C=O) groups is 1. The van der Waals surface area contributed by atoms with Crippen molar-refractivity contribution in [3.05, 3.63) is 63.1 Å². The highest BCUT2D eigenvalue weighted by Crippen LogP contribution is 2.27. The summed E-state index contributed by atoms with van der Waals surface area (Å²) in [7, 11) is 3.66. The lowest BCUT2D eigenvalue weighted by Crippen LogP contribution is -2.38. The van der Waals surface area contributed by atoms with Crippen molar-refractivity contribution in [2.45, 2.75) is 18.9 Å². The largest absolute Gasteiger partial charge is 0.357 e. The summed E-state index contributed by atoms with van der Waals surface area (Å²) < 4.78 is 0. The third kappa shape index (κ3) is 5.92. The Morgan fingerprint density at radius 3 is 2.73 bits per heavy atom. The molecule has 0 aliphatic heterocycles. The molecule has 0 unspecified atom stereocenters. The molecule has 0 bridgehead atoms. The summed E-state index contributed by atoms with van der Waals surface area (Å²) in [6.45, 7) is 0.777. The average molecular weight is 464 g/mol. The van der Waals surface area contributed by atoms with Crippen LogP contribution in [0.15, 0.2) is 42.6 Å². The highest BCUT2D eigenvalue weighted by Gasteiger charge is 2.18. The van der Waals surface area contributed by atoms with Gasteiger partial charge in [0.15, 0.2) is 0 Å². The highest BCUT2D eigenvalue weighted by atomic mass is 35.5. The number of aromatic nitrogens is 2. The van der Waals surface area contributed by atoms with E-state index in [-0.39, 0.29) is 11.9 Å². The van der Waals surface area contributed by atoms with Gasteiger partial charge in [0.2, 0.25) is 5.95 Å². The molecule has 9 heteroatoms. The van der Waals surface area contributed by atoms with Crippen LogP contribution in [0.3, 0.4) is 0 Å². The molecule has 2 aromatic heterocycles. The average Bonchev–Trinajstić information content (AvgIpc) is 3.24. The summed E-state index contributed by atoms with van der Waals surface area (Å²) in [5.74, 6) is 0.430. The van der Waals surface area contributed by atoms with E-state index >= 15 is 0 Å². The Morgan fingerprint density at radius 2 is 2.00 bits per heavy atom. The van der Waals surface area contributed by atoms with Gasteiger partial charge < -0.3 is 16.0 Å². The molecule has 3 aromatic rings. The van der Waals surface area contributed by atoms with Crippen LogP contribution >= 0.6 is 34.5 Å². The second kappa shape index (κ2) is 10.7. The first-order chi connectivity index (χ1) is 14.5. The zero-order valence-corrected chi connectivity index (χ0v) is 19.0. The fraction of sp³-hybridized carbons (Fsp3) is 0.286. The first kappa shape index (κ1) is 22.5. The van der Waals surface area contributed by atoms with Gasteiger partial charge in [0.05, 0.1) is 15.4 Å². The van der Waals surface area contributed by atoms with Crippen molar-refractivity contribution < 1.29 is 4.79 Å². The maximum absolute atomic E-state index is 12.9. The minimum Gasteiger partial charge on any atom is -0.357 e. The lowest BCUT2D eigenvalue weighted by atomic mass is 10.0. The minimum absolute atomic E-state index is 0.0656. The van der Waals surface area contributed by atoms with Crippen LogP contribution in [0.5, 0.6) is 0 Å². The van der Waals surface area contributed by atoms with Crippen LogP contribution < -0.4 is 16.0 Å². The molecule has 1 amide bonds. The van der Waals surface area contributed by atoms with Crippen LogP contribution in [0.4, 0.5) is 5.95 Å². The minimum atomic E-state index is -0.111. The van der Waals surface area contributed by atoms with Crippen molar-refractivity contribution in [3.63, 3.8) is 0 Å². The van der Waals surface area contributed by atoms with E-state index in [2.05, 4.69) is 25.9 Å². The van der Waals surface area contributed by atoms with Crippen LogP contribution in [-0.2, 0) is 6.42 Å². The number of amides is 1. The lowest BCUT2D eigenvalue weighted by Gasteiger charge is -2.19. The van der Waals surface area contributed by atoms with Crippen LogP contribution in [0.2, 0.25) is 10.0 Å². The van der Waals surface area contributed by atoms with E-state index in [1.54, 1.807) is 19.3 Å². The maximum atomic E-state index is 12.9.